The Morgan fingerprint density at radius 2 is 1.81 bits per heavy atom. The third kappa shape index (κ3) is 3.72. The molecule has 3 rings (SSSR count). The van der Waals surface area contributed by atoms with Crippen LogP contribution < -0.4 is 10.6 Å². The van der Waals surface area contributed by atoms with Crippen LogP contribution in [-0.2, 0) is 16.0 Å². The Morgan fingerprint density at radius 1 is 1.15 bits per heavy atom. The van der Waals surface area contributed by atoms with E-state index in [-0.39, 0.29) is 30.3 Å². The van der Waals surface area contributed by atoms with Crippen molar-refractivity contribution in [2.45, 2.75) is 19.4 Å². The quantitative estimate of drug-likeness (QED) is 0.899. The van der Waals surface area contributed by atoms with Crippen LogP contribution in [0.25, 0.3) is 0 Å². The van der Waals surface area contributed by atoms with E-state index in [1.54, 1.807) is 4.90 Å². The van der Waals surface area contributed by atoms with Crippen LogP contribution in [0, 0.1) is 5.92 Å². The lowest BCUT2D eigenvalue weighted by Gasteiger charge is -2.36. The summed E-state index contributed by atoms with van der Waals surface area (Å²) < 4.78 is 0. The number of nitrogens with zero attached hydrogens (tertiary/aromatic N) is 2. The second-order valence-corrected chi connectivity index (χ2v) is 6.90. The minimum atomic E-state index is -0.317. The van der Waals surface area contributed by atoms with Gasteiger partial charge in [0.05, 0.1) is 18.5 Å². The summed E-state index contributed by atoms with van der Waals surface area (Å²) in [6.45, 7) is 2.73. The Bertz CT molecular complexity index is 791. The zero-order chi connectivity index (χ0) is 18.7. The van der Waals surface area contributed by atoms with E-state index >= 15 is 0 Å². The maximum absolute atomic E-state index is 12.9. The number of nitrogens with two attached hydrogens (primary N) is 1. The highest BCUT2D eigenvalue weighted by Crippen LogP contribution is 2.30. The van der Waals surface area contributed by atoms with Crippen LogP contribution in [-0.4, -0.2) is 36.9 Å². The first kappa shape index (κ1) is 18.0. The zero-order valence-electron chi connectivity index (χ0n) is 15.3. The van der Waals surface area contributed by atoms with E-state index in [1.807, 2.05) is 73.5 Å². The van der Waals surface area contributed by atoms with Gasteiger partial charge in [0.25, 0.3) is 0 Å². The van der Waals surface area contributed by atoms with Crippen LogP contribution in [0.4, 0.5) is 5.69 Å². The average molecular weight is 351 g/mol. The van der Waals surface area contributed by atoms with E-state index in [9.17, 15) is 9.59 Å². The molecule has 0 spiro atoms. The number of amides is 2. The topological polar surface area (TPSA) is 66.6 Å². The number of benzene rings is 2. The Kier molecular flexibility index (Phi) is 5.26. The van der Waals surface area contributed by atoms with E-state index < -0.39 is 0 Å². The van der Waals surface area contributed by atoms with E-state index in [2.05, 4.69) is 0 Å². The number of hydrogen-bond acceptors (Lipinski definition) is 3. The SMILES string of the molecule is C[C@H](c1ccccc1)N(C)C(=O)CN1C[C@H](C(N)=O)Cc2ccccc21. The molecule has 0 fully saturated rings. The summed E-state index contributed by atoms with van der Waals surface area (Å²) in [6.07, 6.45) is 0.631. The van der Waals surface area contributed by atoms with Gasteiger partial charge >= 0.3 is 0 Å². The Hall–Kier alpha value is -2.82. The van der Waals surface area contributed by atoms with Crippen LogP contribution in [0.15, 0.2) is 54.6 Å². The molecule has 0 aromatic heterocycles. The highest BCUT2D eigenvalue weighted by Gasteiger charge is 2.30. The van der Waals surface area contributed by atoms with Crippen LogP contribution in [0.1, 0.15) is 24.1 Å². The maximum atomic E-state index is 12.9. The second-order valence-electron chi connectivity index (χ2n) is 6.90. The minimum Gasteiger partial charge on any atom is -0.369 e. The predicted molar refractivity (Wildman–Crippen MR) is 103 cm³/mol. The third-order valence-electron chi connectivity index (χ3n) is 5.22. The third-order valence-corrected chi connectivity index (χ3v) is 5.22. The molecule has 1 aliphatic heterocycles. The first-order valence-electron chi connectivity index (χ1n) is 8.90. The smallest absolute Gasteiger partial charge is 0.242 e. The van der Waals surface area contributed by atoms with Crippen LogP contribution in [0.3, 0.4) is 0 Å². The molecule has 1 aliphatic rings. The van der Waals surface area contributed by atoms with Gasteiger partial charge in [0.1, 0.15) is 0 Å². The van der Waals surface area contributed by atoms with Crippen molar-refractivity contribution < 1.29 is 9.59 Å². The fraction of sp³-hybridized carbons (Fsp3) is 0.333. The largest absolute Gasteiger partial charge is 0.369 e. The maximum Gasteiger partial charge on any atom is 0.242 e. The van der Waals surface area contributed by atoms with Gasteiger partial charge in [-0.3, -0.25) is 9.59 Å². The second kappa shape index (κ2) is 7.60. The van der Waals surface area contributed by atoms with Gasteiger partial charge in [0, 0.05) is 19.3 Å². The van der Waals surface area contributed by atoms with E-state index in [0.29, 0.717) is 13.0 Å². The molecule has 0 unspecified atom stereocenters. The summed E-state index contributed by atoms with van der Waals surface area (Å²) in [4.78, 5) is 28.3. The molecule has 0 saturated carbocycles. The fourth-order valence-corrected chi connectivity index (χ4v) is 3.47. The molecule has 0 saturated heterocycles. The highest BCUT2D eigenvalue weighted by atomic mass is 16.2. The van der Waals surface area contributed by atoms with Crippen molar-refractivity contribution in [2.24, 2.45) is 11.7 Å². The van der Waals surface area contributed by atoms with Crippen molar-refractivity contribution >= 4 is 17.5 Å². The van der Waals surface area contributed by atoms with Crippen molar-refractivity contribution in [1.29, 1.82) is 0 Å². The van der Waals surface area contributed by atoms with Gasteiger partial charge in [-0.15, -0.1) is 0 Å². The lowest BCUT2D eigenvalue weighted by Crippen LogP contribution is -2.46. The average Bonchev–Trinajstić information content (AvgIpc) is 2.67. The summed E-state index contributed by atoms with van der Waals surface area (Å²) >= 11 is 0. The molecule has 2 N–H and O–H groups in total. The molecule has 136 valence electrons. The van der Waals surface area contributed by atoms with Gasteiger partial charge in [-0.25, -0.2) is 0 Å². The molecular formula is C21H25N3O2. The lowest BCUT2D eigenvalue weighted by atomic mass is 9.92. The fourth-order valence-electron chi connectivity index (χ4n) is 3.47. The number of primary amides is 1. The van der Waals surface area contributed by atoms with Crippen molar-refractivity contribution in [3.63, 3.8) is 0 Å². The number of fused-ring (bicyclic) bond motifs is 1. The van der Waals surface area contributed by atoms with Crippen LogP contribution in [0.5, 0.6) is 0 Å². The molecule has 2 aromatic rings. The van der Waals surface area contributed by atoms with Gasteiger partial charge in [0.2, 0.25) is 11.8 Å². The van der Waals surface area contributed by atoms with Gasteiger partial charge in [-0.05, 0) is 30.5 Å². The monoisotopic (exact) mass is 351 g/mol. The molecule has 5 heteroatoms. The molecule has 2 amide bonds. The van der Waals surface area contributed by atoms with Gasteiger partial charge in [0.15, 0.2) is 0 Å². The van der Waals surface area contributed by atoms with Crippen molar-refractivity contribution in [1.82, 2.24) is 4.90 Å². The number of anilines is 1. The van der Waals surface area contributed by atoms with Crippen LogP contribution in [0.2, 0.25) is 0 Å². The first-order chi connectivity index (χ1) is 12.5. The summed E-state index contributed by atoms with van der Waals surface area (Å²) in [5, 5.41) is 0. The molecule has 1 heterocycles. The summed E-state index contributed by atoms with van der Waals surface area (Å²) in [6, 6.07) is 17.8. The molecule has 0 aliphatic carbocycles. The van der Waals surface area contributed by atoms with E-state index in [0.717, 1.165) is 16.8 Å². The minimum absolute atomic E-state index is 0.0151. The number of rotatable bonds is 5. The highest BCUT2D eigenvalue weighted by molar-refractivity contribution is 5.84. The normalized spacial score (nSPS) is 17.3. The molecule has 2 aromatic carbocycles. The zero-order valence-corrected chi connectivity index (χ0v) is 15.3. The van der Waals surface area contributed by atoms with Crippen LogP contribution >= 0.6 is 0 Å². The Morgan fingerprint density at radius 3 is 2.50 bits per heavy atom. The van der Waals surface area contributed by atoms with Crippen molar-refractivity contribution in [3.05, 3.63) is 65.7 Å². The standard InChI is InChI=1S/C21H25N3O2/c1-15(16-8-4-3-5-9-16)23(2)20(25)14-24-13-18(21(22)26)12-17-10-6-7-11-19(17)24/h3-11,15,18H,12-14H2,1-2H3,(H2,22,26)/t15-,18-/m1/s1. The lowest BCUT2D eigenvalue weighted by molar-refractivity contribution is -0.130. The molecular weight excluding hydrogens is 326 g/mol. The van der Waals surface area contributed by atoms with Crippen molar-refractivity contribution in [2.75, 3.05) is 25.0 Å². The van der Waals surface area contributed by atoms with Crippen molar-refractivity contribution in [3.8, 4) is 0 Å². The number of carbonyl (C=O) groups excluding carboxylic acids is 2. The number of carbonyl (C=O) groups is 2. The van der Waals surface area contributed by atoms with Gasteiger partial charge in [-0.2, -0.15) is 0 Å². The Balaban J connectivity index is 1.76. The molecule has 0 radical (unpaired) electrons. The number of para-hydroxylation sites is 1. The number of likely N-dealkylation sites (N-methyl/N-ethyl adjacent to an activating group) is 1. The summed E-state index contributed by atoms with van der Waals surface area (Å²) in [5.41, 5.74) is 8.71. The Labute approximate surface area is 154 Å². The van der Waals surface area contributed by atoms with E-state index in [4.69, 9.17) is 5.73 Å². The molecule has 2 atom stereocenters. The number of hydrogen-bond donors (Lipinski definition) is 1. The summed E-state index contributed by atoms with van der Waals surface area (Å²) in [7, 11) is 1.82. The van der Waals surface area contributed by atoms with Gasteiger partial charge in [-0.1, -0.05) is 48.5 Å². The first-order valence-corrected chi connectivity index (χ1v) is 8.90. The van der Waals surface area contributed by atoms with E-state index in [1.165, 1.54) is 0 Å². The molecule has 26 heavy (non-hydrogen) atoms. The molecule has 5 nitrogen and oxygen atoms in total. The molecule has 0 bridgehead atoms. The predicted octanol–water partition coefficient (Wildman–Crippen LogP) is 2.37. The summed E-state index contributed by atoms with van der Waals surface area (Å²) in [5.74, 6) is -0.571. The van der Waals surface area contributed by atoms with Gasteiger partial charge < -0.3 is 15.5 Å².